The van der Waals surface area contributed by atoms with Crippen LogP contribution in [0.15, 0.2) is 18.3 Å². The predicted molar refractivity (Wildman–Crippen MR) is 50.8 cm³/mol. The summed E-state index contributed by atoms with van der Waals surface area (Å²) in [6, 6.07) is 3.73. The van der Waals surface area contributed by atoms with Crippen molar-refractivity contribution in [2.24, 2.45) is 5.73 Å². The standard InChI is InChI=1S/C9H11N3O2/c10-9(13)14-7-3-5-11-6-2-1-4-12-8(6)7/h1-2,4,7,11H,3,5H2,(H2,10,13). The Hall–Kier alpha value is -1.78. The van der Waals surface area contributed by atoms with Gasteiger partial charge in [0.05, 0.1) is 5.69 Å². The van der Waals surface area contributed by atoms with Crippen molar-refractivity contribution in [1.29, 1.82) is 0 Å². The van der Waals surface area contributed by atoms with Gasteiger partial charge in [0, 0.05) is 19.2 Å². The Balaban J connectivity index is 2.26. The average Bonchev–Trinajstić information content (AvgIpc) is 2.18. The number of nitrogens with zero attached hydrogens (tertiary/aromatic N) is 1. The largest absolute Gasteiger partial charge is 0.440 e. The Bertz CT molecular complexity index is 354. The van der Waals surface area contributed by atoms with Gasteiger partial charge >= 0.3 is 6.09 Å². The van der Waals surface area contributed by atoms with Gasteiger partial charge in [0.1, 0.15) is 11.8 Å². The number of anilines is 1. The minimum atomic E-state index is -0.756. The summed E-state index contributed by atoms with van der Waals surface area (Å²) in [5.74, 6) is 0. The van der Waals surface area contributed by atoms with Crippen molar-refractivity contribution in [3.05, 3.63) is 24.0 Å². The van der Waals surface area contributed by atoms with Crippen LogP contribution in [0.2, 0.25) is 0 Å². The summed E-state index contributed by atoms with van der Waals surface area (Å²) in [6.07, 6.45) is 1.30. The molecule has 0 aromatic carbocycles. The van der Waals surface area contributed by atoms with Crippen molar-refractivity contribution in [3.63, 3.8) is 0 Å². The number of hydrogen-bond donors (Lipinski definition) is 2. The van der Waals surface area contributed by atoms with E-state index in [1.807, 2.05) is 12.1 Å². The molecule has 0 radical (unpaired) electrons. The van der Waals surface area contributed by atoms with Crippen LogP contribution in [0, 0.1) is 0 Å². The Morgan fingerprint density at radius 2 is 2.57 bits per heavy atom. The number of primary amides is 1. The third kappa shape index (κ3) is 1.61. The second-order valence-corrected chi connectivity index (χ2v) is 3.08. The molecule has 5 heteroatoms. The van der Waals surface area contributed by atoms with E-state index in [9.17, 15) is 4.79 Å². The molecular weight excluding hydrogens is 182 g/mol. The minimum absolute atomic E-state index is 0.315. The summed E-state index contributed by atoms with van der Waals surface area (Å²) >= 11 is 0. The molecule has 0 bridgehead atoms. The Labute approximate surface area is 81.3 Å². The molecule has 0 aliphatic carbocycles. The molecule has 1 unspecified atom stereocenters. The summed E-state index contributed by atoms with van der Waals surface area (Å²) in [7, 11) is 0. The van der Waals surface area contributed by atoms with Gasteiger partial charge < -0.3 is 15.8 Å². The van der Waals surface area contributed by atoms with Crippen molar-refractivity contribution >= 4 is 11.8 Å². The van der Waals surface area contributed by atoms with Crippen LogP contribution in [0.1, 0.15) is 18.2 Å². The van der Waals surface area contributed by atoms with Crippen LogP contribution >= 0.6 is 0 Å². The van der Waals surface area contributed by atoms with E-state index >= 15 is 0 Å². The SMILES string of the molecule is NC(=O)OC1CCNc2cccnc21. The number of hydrogen-bond acceptors (Lipinski definition) is 4. The van der Waals surface area contributed by atoms with Crippen molar-refractivity contribution in [3.8, 4) is 0 Å². The van der Waals surface area contributed by atoms with Gasteiger partial charge in [-0.15, -0.1) is 0 Å². The van der Waals surface area contributed by atoms with Crippen molar-refractivity contribution in [1.82, 2.24) is 4.98 Å². The van der Waals surface area contributed by atoms with Crippen LogP contribution in [0.25, 0.3) is 0 Å². The molecule has 0 saturated heterocycles. The first-order valence-corrected chi connectivity index (χ1v) is 4.42. The molecule has 1 aliphatic heterocycles. The van der Waals surface area contributed by atoms with Crippen molar-refractivity contribution in [2.75, 3.05) is 11.9 Å². The van der Waals surface area contributed by atoms with Crippen LogP contribution in [-0.2, 0) is 4.74 Å². The van der Waals surface area contributed by atoms with E-state index in [0.29, 0.717) is 6.42 Å². The maximum absolute atomic E-state index is 10.6. The van der Waals surface area contributed by atoms with Gasteiger partial charge in [-0.3, -0.25) is 4.98 Å². The lowest BCUT2D eigenvalue weighted by Gasteiger charge is -2.24. The second-order valence-electron chi connectivity index (χ2n) is 3.08. The third-order valence-electron chi connectivity index (χ3n) is 2.12. The van der Waals surface area contributed by atoms with Gasteiger partial charge in [-0.25, -0.2) is 4.79 Å². The van der Waals surface area contributed by atoms with E-state index in [4.69, 9.17) is 10.5 Å². The molecule has 1 aromatic rings. The number of carbonyl (C=O) groups is 1. The molecule has 1 atom stereocenters. The van der Waals surface area contributed by atoms with Crippen LogP contribution in [-0.4, -0.2) is 17.6 Å². The molecule has 0 saturated carbocycles. The molecule has 14 heavy (non-hydrogen) atoms. The van der Waals surface area contributed by atoms with Crippen LogP contribution in [0.5, 0.6) is 0 Å². The highest BCUT2D eigenvalue weighted by atomic mass is 16.6. The monoisotopic (exact) mass is 193 g/mol. The van der Waals surface area contributed by atoms with E-state index in [-0.39, 0.29) is 6.10 Å². The molecule has 0 spiro atoms. The molecule has 1 aliphatic rings. The zero-order valence-corrected chi connectivity index (χ0v) is 7.56. The Morgan fingerprint density at radius 3 is 3.36 bits per heavy atom. The van der Waals surface area contributed by atoms with Gasteiger partial charge in [-0.05, 0) is 12.1 Å². The van der Waals surface area contributed by atoms with Gasteiger partial charge in [0.2, 0.25) is 0 Å². The fraction of sp³-hybridized carbons (Fsp3) is 0.333. The predicted octanol–water partition coefficient (Wildman–Crippen LogP) is 1.03. The first-order valence-electron chi connectivity index (χ1n) is 4.42. The summed E-state index contributed by atoms with van der Waals surface area (Å²) in [6.45, 7) is 0.761. The van der Waals surface area contributed by atoms with E-state index in [1.54, 1.807) is 6.20 Å². The van der Waals surface area contributed by atoms with Gasteiger partial charge in [0.15, 0.2) is 0 Å². The van der Waals surface area contributed by atoms with E-state index in [1.165, 1.54) is 0 Å². The number of amides is 1. The van der Waals surface area contributed by atoms with Crippen LogP contribution < -0.4 is 11.1 Å². The average molecular weight is 193 g/mol. The lowest BCUT2D eigenvalue weighted by atomic mass is 10.1. The number of nitrogens with one attached hydrogen (secondary N) is 1. The Morgan fingerprint density at radius 1 is 1.71 bits per heavy atom. The third-order valence-corrected chi connectivity index (χ3v) is 2.12. The number of ether oxygens (including phenoxy) is 1. The quantitative estimate of drug-likeness (QED) is 0.698. The molecular formula is C9H11N3O2. The molecule has 2 heterocycles. The van der Waals surface area contributed by atoms with Crippen LogP contribution in [0.4, 0.5) is 10.5 Å². The number of nitrogens with two attached hydrogens (primary N) is 1. The number of rotatable bonds is 1. The topological polar surface area (TPSA) is 77.2 Å². The highest BCUT2D eigenvalue weighted by Crippen LogP contribution is 2.29. The summed E-state index contributed by atoms with van der Waals surface area (Å²) in [5, 5.41) is 3.17. The fourth-order valence-corrected chi connectivity index (χ4v) is 1.55. The van der Waals surface area contributed by atoms with E-state index in [0.717, 1.165) is 17.9 Å². The molecule has 1 amide bonds. The summed E-state index contributed by atoms with van der Waals surface area (Å²) in [5.41, 5.74) is 6.63. The maximum atomic E-state index is 10.6. The maximum Gasteiger partial charge on any atom is 0.405 e. The first kappa shape index (κ1) is 8.80. The lowest BCUT2D eigenvalue weighted by molar-refractivity contribution is 0.0992. The highest BCUT2D eigenvalue weighted by Gasteiger charge is 2.23. The zero-order chi connectivity index (χ0) is 9.97. The summed E-state index contributed by atoms with van der Waals surface area (Å²) in [4.78, 5) is 14.8. The summed E-state index contributed by atoms with van der Waals surface area (Å²) < 4.78 is 4.95. The van der Waals surface area contributed by atoms with Gasteiger partial charge in [0.25, 0.3) is 0 Å². The van der Waals surface area contributed by atoms with E-state index < -0.39 is 6.09 Å². The molecule has 3 N–H and O–H groups in total. The zero-order valence-electron chi connectivity index (χ0n) is 7.56. The van der Waals surface area contributed by atoms with Gasteiger partial charge in [-0.2, -0.15) is 0 Å². The molecule has 74 valence electrons. The molecule has 2 rings (SSSR count). The normalized spacial score (nSPS) is 19.3. The van der Waals surface area contributed by atoms with E-state index in [2.05, 4.69) is 10.3 Å². The highest BCUT2D eigenvalue weighted by molar-refractivity contribution is 5.65. The fourth-order valence-electron chi connectivity index (χ4n) is 1.55. The van der Waals surface area contributed by atoms with Crippen LogP contribution in [0.3, 0.4) is 0 Å². The second kappa shape index (κ2) is 3.53. The number of aromatic nitrogens is 1. The smallest absolute Gasteiger partial charge is 0.405 e. The Kier molecular flexibility index (Phi) is 2.22. The van der Waals surface area contributed by atoms with Crippen molar-refractivity contribution in [2.45, 2.75) is 12.5 Å². The molecule has 0 fully saturated rings. The number of fused-ring (bicyclic) bond motifs is 1. The van der Waals surface area contributed by atoms with Gasteiger partial charge in [-0.1, -0.05) is 0 Å². The lowest BCUT2D eigenvalue weighted by Crippen LogP contribution is -2.24. The molecule has 5 nitrogen and oxygen atoms in total. The number of pyridine rings is 1. The minimum Gasteiger partial charge on any atom is -0.440 e. The first-order chi connectivity index (χ1) is 6.77. The van der Waals surface area contributed by atoms with Crippen molar-refractivity contribution < 1.29 is 9.53 Å². The number of carbonyl (C=O) groups excluding carboxylic acids is 1. The molecule has 1 aromatic heterocycles.